The molecule has 3 nitrogen and oxygen atoms in total. The molecule has 0 saturated heterocycles. The summed E-state index contributed by atoms with van der Waals surface area (Å²) in [7, 11) is 3.82. The van der Waals surface area contributed by atoms with Crippen LogP contribution in [0.2, 0.25) is 0 Å². The highest BCUT2D eigenvalue weighted by Crippen LogP contribution is 2.20. The van der Waals surface area contributed by atoms with E-state index in [9.17, 15) is 4.79 Å². The summed E-state index contributed by atoms with van der Waals surface area (Å²) in [5.41, 5.74) is 1.23. The van der Waals surface area contributed by atoms with E-state index in [0.717, 1.165) is 25.1 Å². The van der Waals surface area contributed by atoms with Crippen LogP contribution in [0.25, 0.3) is 0 Å². The van der Waals surface area contributed by atoms with Gasteiger partial charge in [0.25, 0.3) is 0 Å². The van der Waals surface area contributed by atoms with Crippen LogP contribution in [0.15, 0.2) is 24.3 Å². The van der Waals surface area contributed by atoms with Crippen LogP contribution in [0.4, 0.5) is 0 Å². The van der Waals surface area contributed by atoms with Crippen molar-refractivity contribution in [1.82, 2.24) is 4.90 Å². The van der Waals surface area contributed by atoms with Gasteiger partial charge in [0.1, 0.15) is 11.5 Å². The van der Waals surface area contributed by atoms with Gasteiger partial charge in [0.15, 0.2) is 0 Å². The largest absolute Gasteiger partial charge is 0.496 e. The van der Waals surface area contributed by atoms with Crippen molar-refractivity contribution in [1.29, 1.82) is 0 Å². The zero-order chi connectivity index (χ0) is 14.3. The number of ketones is 1. The van der Waals surface area contributed by atoms with E-state index < -0.39 is 0 Å². The van der Waals surface area contributed by atoms with Gasteiger partial charge in [-0.15, -0.1) is 0 Å². The number of likely N-dealkylation sites (N-methyl/N-ethyl adjacent to an activating group) is 1. The first-order chi connectivity index (χ1) is 9.04. The van der Waals surface area contributed by atoms with Crippen molar-refractivity contribution in [3.8, 4) is 5.75 Å². The van der Waals surface area contributed by atoms with Crippen LogP contribution in [0.3, 0.4) is 0 Å². The van der Waals surface area contributed by atoms with Crippen molar-refractivity contribution in [3.63, 3.8) is 0 Å². The Kier molecular flexibility index (Phi) is 6.57. The lowest BCUT2D eigenvalue weighted by Gasteiger charge is -2.25. The Bertz CT molecular complexity index is 403. The molecule has 0 aliphatic carbocycles. The number of para-hydroxylation sites is 1. The van der Waals surface area contributed by atoms with Gasteiger partial charge >= 0.3 is 0 Å². The molecule has 1 aromatic rings. The summed E-state index contributed by atoms with van der Waals surface area (Å²) in [6.45, 7) is 4.81. The highest BCUT2D eigenvalue weighted by atomic mass is 16.5. The predicted molar refractivity (Wildman–Crippen MR) is 78.7 cm³/mol. The molecule has 1 atom stereocenters. The predicted octanol–water partition coefficient (Wildman–Crippen LogP) is 2.93. The molecule has 0 aliphatic heterocycles. The van der Waals surface area contributed by atoms with Gasteiger partial charge in [0.05, 0.1) is 7.11 Å². The number of ether oxygens (including phenoxy) is 1. The number of nitrogens with zero attached hydrogens (tertiary/aromatic N) is 1. The quantitative estimate of drug-likeness (QED) is 0.722. The third kappa shape index (κ3) is 5.43. The van der Waals surface area contributed by atoms with Gasteiger partial charge in [0, 0.05) is 12.5 Å². The molecule has 0 fully saturated rings. The van der Waals surface area contributed by atoms with Crippen LogP contribution in [-0.4, -0.2) is 37.4 Å². The molecule has 19 heavy (non-hydrogen) atoms. The van der Waals surface area contributed by atoms with E-state index in [4.69, 9.17) is 4.74 Å². The summed E-state index contributed by atoms with van der Waals surface area (Å²) < 4.78 is 5.38. The number of carbonyl (C=O) groups excluding carboxylic acids is 1. The Morgan fingerprint density at radius 2 is 2.05 bits per heavy atom. The molecule has 0 aromatic heterocycles. The Labute approximate surface area is 116 Å². The highest BCUT2D eigenvalue weighted by molar-refractivity contribution is 5.75. The molecule has 106 valence electrons. The normalized spacial score (nSPS) is 12.5. The van der Waals surface area contributed by atoms with Crippen LogP contribution < -0.4 is 4.74 Å². The van der Waals surface area contributed by atoms with Gasteiger partial charge in [-0.2, -0.15) is 0 Å². The van der Waals surface area contributed by atoms with E-state index in [1.165, 1.54) is 5.56 Å². The first-order valence-corrected chi connectivity index (χ1v) is 6.86. The second-order valence-corrected chi connectivity index (χ2v) is 5.15. The van der Waals surface area contributed by atoms with Crippen molar-refractivity contribution >= 4 is 5.78 Å². The number of hydrogen-bond acceptors (Lipinski definition) is 3. The summed E-state index contributed by atoms with van der Waals surface area (Å²) in [6, 6.07) is 8.57. The molecule has 0 heterocycles. The highest BCUT2D eigenvalue weighted by Gasteiger charge is 2.12. The molecular formula is C16H25NO2. The fourth-order valence-electron chi connectivity index (χ4n) is 2.14. The SMILES string of the molecule is COc1ccccc1CC(C)N(C)CCCC(C)=O. The van der Waals surface area contributed by atoms with Gasteiger partial charge in [-0.3, -0.25) is 0 Å². The molecule has 0 bridgehead atoms. The zero-order valence-electron chi connectivity index (χ0n) is 12.5. The van der Waals surface area contributed by atoms with Crippen molar-refractivity contribution in [2.75, 3.05) is 20.7 Å². The molecule has 0 saturated carbocycles. The van der Waals surface area contributed by atoms with E-state index in [1.54, 1.807) is 14.0 Å². The standard InChI is InChI=1S/C16H25NO2/c1-13(17(3)11-7-8-14(2)18)12-15-9-5-6-10-16(15)19-4/h5-6,9-10,13H,7-8,11-12H2,1-4H3. The van der Waals surface area contributed by atoms with Gasteiger partial charge < -0.3 is 14.4 Å². The summed E-state index contributed by atoms with van der Waals surface area (Å²) in [4.78, 5) is 13.2. The van der Waals surface area contributed by atoms with Crippen molar-refractivity contribution in [2.24, 2.45) is 0 Å². The first-order valence-electron chi connectivity index (χ1n) is 6.86. The summed E-state index contributed by atoms with van der Waals surface area (Å²) >= 11 is 0. The lowest BCUT2D eigenvalue weighted by Crippen LogP contribution is -2.32. The zero-order valence-corrected chi connectivity index (χ0v) is 12.5. The van der Waals surface area contributed by atoms with E-state index in [-0.39, 0.29) is 5.78 Å². The molecule has 0 amide bonds. The first kappa shape index (κ1) is 15.7. The summed E-state index contributed by atoms with van der Waals surface area (Å²) in [6.07, 6.45) is 2.56. The van der Waals surface area contributed by atoms with Gasteiger partial charge in [-0.05, 0) is 51.9 Å². The van der Waals surface area contributed by atoms with E-state index >= 15 is 0 Å². The van der Waals surface area contributed by atoms with Gasteiger partial charge in [-0.25, -0.2) is 0 Å². The molecule has 0 spiro atoms. The smallest absolute Gasteiger partial charge is 0.129 e. The molecule has 0 N–H and O–H groups in total. The van der Waals surface area contributed by atoms with Gasteiger partial charge in [0.2, 0.25) is 0 Å². The van der Waals surface area contributed by atoms with E-state index in [1.807, 2.05) is 18.2 Å². The van der Waals surface area contributed by atoms with Crippen LogP contribution in [-0.2, 0) is 11.2 Å². The molecule has 3 heteroatoms. The Balaban J connectivity index is 2.49. The topological polar surface area (TPSA) is 29.5 Å². The fraction of sp³-hybridized carbons (Fsp3) is 0.562. The van der Waals surface area contributed by atoms with Crippen molar-refractivity contribution in [3.05, 3.63) is 29.8 Å². The van der Waals surface area contributed by atoms with Crippen LogP contribution in [0.5, 0.6) is 5.75 Å². The van der Waals surface area contributed by atoms with Crippen molar-refractivity contribution in [2.45, 2.75) is 39.2 Å². The molecule has 1 unspecified atom stereocenters. The Hall–Kier alpha value is -1.35. The minimum Gasteiger partial charge on any atom is -0.496 e. The lowest BCUT2D eigenvalue weighted by atomic mass is 10.0. The monoisotopic (exact) mass is 263 g/mol. The maximum Gasteiger partial charge on any atom is 0.129 e. The molecular weight excluding hydrogens is 238 g/mol. The second-order valence-electron chi connectivity index (χ2n) is 5.15. The third-order valence-electron chi connectivity index (χ3n) is 3.50. The van der Waals surface area contributed by atoms with Crippen LogP contribution in [0, 0.1) is 0 Å². The minimum atomic E-state index is 0.269. The molecule has 1 aromatic carbocycles. The fourth-order valence-corrected chi connectivity index (χ4v) is 2.14. The minimum absolute atomic E-state index is 0.269. The lowest BCUT2D eigenvalue weighted by molar-refractivity contribution is -0.117. The summed E-state index contributed by atoms with van der Waals surface area (Å²) in [5, 5.41) is 0. The Morgan fingerprint density at radius 3 is 2.68 bits per heavy atom. The van der Waals surface area contributed by atoms with E-state index in [2.05, 4.69) is 24.9 Å². The molecule has 1 rings (SSSR count). The Morgan fingerprint density at radius 1 is 1.37 bits per heavy atom. The van der Waals surface area contributed by atoms with Crippen LogP contribution in [0.1, 0.15) is 32.3 Å². The number of rotatable bonds is 8. The average molecular weight is 263 g/mol. The number of Topliss-reactive ketones (excluding diaryl/α,β-unsaturated/α-hetero) is 1. The number of carbonyl (C=O) groups is 1. The number of methoxy groups -OCH3 is 1. The third-order valence-corrected chi connectivity index (χ3v) is 3.50. The molecule has 0 radical (unpaired) electrons. The number of hydrogen-bond donors (Lipinski definition) is 0. The van der Waals surface area contributed by atoms with Crippen LogP contribution >= 0.6 is 0 Å². The summed E-state index contributed by atoms with van der Waals surface area (Å²) in [5.74, 6) is 1.22. The second kappa shape index (κ2) is 7.95. The van der Waals surface area contributed by atoms with E-state index in [0.29, 0.717) is 12.5 Å². The maximum atomic E-state index is 10.9. The van der Waals surface area contributed by atoms with Crippen molar-refractivity contribution < 1.29 is 9.53 Å². The number of benzene rings is 1. The maximum absolute atomic E-state index is 10.9. The average Bonchev–Trinajstić information content (AvgIpc) is 2.38. The van der Waals surface area contributed by atoms with Gasteiger partial charge in [-0.1, -0.05) is 18.2 Å². The molecule has 0 aliphatic rings.